The van der Waals surface area contributed by atoms with Crippen LogP contribution in [0, 0.1) is 5.82 Å². The van der Waals surface area contributed by atoms with Crippen LogP contribution < -0.4 is 14.9 Å². The Hall–Kier alpha value is -4.24. The molecule has 3 heterocycles. The van der Waals surface area contributed by atoms with E-state index in [0.717, 1.165) is 16.9 Å². The number of benzene rings is 3. The number of rotatable bonds is 6. The number of thiazole rings is 1. The number of hydrogen-bond donors (Lipinski definition) is 0. The summed E-state index contributed by atoms with van der Waals surface area (Å²) in [6.07, 6.45) is 1.63. The Morgan fingerprint density at radius 3 is 2.50 bits per heavy atom. The van der Waals surface area contributed by atoms with E-state index in [4.69, 9.17) is 37.3 Å². The van der Waals surface area contributed by atoms with Crippen molar-refractivity contribution in [3.63, 3.8) is 0 Å². The highest BCUT2D eigenvalue weighted by atomic mass is 35.5. The third kappa shape index (κ3) is 5.25. The Morgan fingerprint density at radius 1 is 1.02 bits per heavy atom. The van der Waals surface area contributed by atoms with E-state index in [2.05, 4.69) is 0 Å². The Morgan fingerprint density at radius 2 is 1.79 bits per heavy atom. The summed E-state index contributed by atoms with van der Waals surface area (Å²) >= 11 is 13.4. The van der Waals surface area contributed by atoms with Crippen LogP contribution >= 0.6 is 34.5 Å². The maximum absolute atomic E-state index is 14.0. The van der Waals surface area contributed by atoms with Gasteiger partial charge in [0.25, 0.3) is 5.56 Å². The SMILES string of the molecule is CCOC(=O)C1=C(c2ccccc2)N=c2s/c(=C\c3ccc(-c4ccc(Cl)c(Cl)c4)o3)c(=O)n2[C@@H]1c1ccc(F)cc1. The summed E-state index contributed by atoms with van der Waals surface area (Å²) in [7, 11) is 0. The number of nitrogens with zero attached hydrogens (tertiary/aromatic N) is 2. The van der Waals surface area contributed by atoms with Crippen LogP contribution in [0.3, 0.4) is 0 Å². The van der Waals surface area contributed by atoms with Crippen LogP contribution in [0.2, 0.25) is 10.0 Å². The molecule has 0 amide bonds. The zero-order valence-electron chi connectivity index (χ0n) is 22.0. The number of esters is 1. The third-order valence-corrected chi connectivity index (χ3v) is 8.39. The molecule has 0 N–H and O–H groups in total. The molecule has 1 aliphatic rings. The summed E-state index contributed by atoms with van der Waals surface area (Å²) in [4.78, 5) is 32.6. The molecule has 1 aliphatic heterocycles. The first-order valence-electron chi connectivity index (χ1n) is 12.9. The molecule has 42 heavy (non-hydrogen) atoms. The number of halogens is 3. The lowest BCUT2D eigenvalue weighted by atomic mass is 9.93. The van der Waals surface area contributed by atoms with E-state index >= 15 is 0 Å². The first-order valence-corrected chi connectivity index (χ1v) is 14.5. The summed E-state index contributed by atoms with van der Waals surface area (Å²) in [6, 6.07) is 22.7. The molecule has 5 aromatic rings. The number of carbonyl (C=O) groups is 1. The molecule has 3 aromatic carbocycles. The molecule has 0 saturated carbocycles. The first kappa shape index (κ1) is 27.9. The van der Waals surface area contributed by atoms with Crippen molar-refractivity contribution < 1.29 is 18.3 Å². The lowest BCUT2D eigenvalue weighted by Crippen LogP contribution is -2.40. The summed E-state index contributed by atoms with van der Waals surface area (Å²) in [6.45, 7) is 1.84. The quantitative estimate of drug-likeness (QED) is 0.200. The molecule has 1 atom stereocenters. The molecule has 0 bridgehead atoms. The second-order valence-corrected chi connectivity index (χ2v) is 11.1. The van der Waals surface area contributed by atoms with Gasteiger partial charge in [0.1, 0.15) is 17.3 Å². The first-order chi connectivity index (χ1) is 20.3. The largest absolute Gasteiger partial charge is 0.463 e. The highest BCUT2D eigenvalue weighted by molar-refractivity contribution is 7.07. The van der Waals surface area contributed by atoms with E-state index < -0.39 is 17.8 Å². The summed E-state index contributed by atoms with van der Waals surface area (Å²) < 4.78 is 27.2. The number of aromatic nitrogens is 1. The van der Waals surface area contributed by atoms with Crippen molar-refractivity contribution in [3.8, 4) is 11.3 Å². The van der Waals surface area contributed by atoms with Crippen LogP contribution in [0.1, 0.15) is 29.9 Å². The van der Waals surface area contributed by atoms with Gasteiger partial charge in [0.15, 0.2) is 4.80 Å². The fraction of sp³-hybridized carbons (Fsp3) is 0.0938. The van der Waals surface area contributed by atoms with Gasteiger partial charge < -0.3 is 9.15 Å². The van der Waals surface area contributed by atoms with Gasteiger partial charge in [0, 0.05) is 17.2 Å². The predicted octanol–water partition coefficient (Wildman–Crippen LogP) is 6.64. The second-order valence-electron chi connectivity index (χ2n) is 9.31. The highest BCUT2D eigenvalue weighted by Crippen LogP contribution is 2.35. The lowest BCUT2D eigenvalue weighted by Gasteiger charge is -2.25. The van der Waals surface area contributed by atoms with Crippen LogP contribution in [-0.4, -0.2) is 17.1 Å². The smallest absolute Gasteiger partial charge is 0.338 e. The van der Waals surface area contributed by atoms with Crippen molar-refractivity contribution in [1.29, 1.82) is 0 Å². The normalized spacial score (nSPS) is 15.0. The minimum absolute atomic E-state index is 0.130. The average molecular weight is 620 g/mol. The van der Waals surface area contributed by atoms with Crippen molar-refractivity contribution in [2.45, 2.75) is 13.0 Å². The van der Waals surface area contributed by atoms with Crippen LogP contribution in [-0.2, 0) is 9.53 Å². The van der Waals surface area contributed by atoms with Gasteiger partial charge in [-0.3, -0.25) is 9.36 Å². The Balaban J connectivity index is 1.55. The van der Waals surface area contributed by atoms with Gasteiger partial charge in [-0.2, -0.15) is 0 Å². The fourth-order valence-corrected chi connectivity index (χ4v) is 6.04. The van der Waals surface area contributed by atoms with E-state index in [0.29, 0.717) is 47.7 Å². The van der Waals surface area contributed by atoms with Gasteiger partial charge in [0.05, 0.1) is 38.5 Å². The number of furan rings is 1. The number of fused-ring (bicyclic) bond motifs is 1. The van der Waals surface area contributed by atoms with Gasteiger partial charge in [-0.15, -0.1) is 0 Å². The van der Waals surface area contributed by atoms with Gasteiger partial charge in [0.2, 0.25) is 0 Å². The van der Waals surface area contributed by atoms with Gasteiger partial charge >= 0.3 is 5.97 Å². The molecule has 210 valence electrons. The van der Waals surface area contributed by atoms with E-state index in [9.17, 15) is 14.0 Å². The Labute approximate surface area is 253 Å². The number of ether oxygens (including phenoxy) is 1. The molecule has 0 saturated heterocycles. The molecule has 0 unspecified atom stereocenters. The molecule has 2 aromatic heterocycles. The molecule has 6 nitrogen and oxygen atoms in total. The number of hydrogen-bond acceptors (Lipinski definition) is 6. The van der Waals surface area contributed by atoms with Crippen LogP contribution in [0.15, 0.2) is 105 Å². The van der Waals surface area contributed by atoms with E-state index in [1.807, 2.05) is 30.3 Å². The minimum atomic E-state index is -0.901. The van der Waals surface area contributed by atoms with Crippen LogP contribution in [0.5, 0.6) is 0 Å². The van der Waals surface area contributed by atoms with Crippen molar-refractivity contribution in [2.75, 3.05) is 6.61 Å². The molecule has 10 heteroatoms. The molecule has 0 aliphatic carbocycles. The second kappa shape index (κ2) is 11.6. The van der Waals surface area contributed by atoms with Crippen molar-refractivity contribution in [3.05, 3.63) is 143 Å². The summed E-state index contributed by atoms with van der Waals surface area (Å²) in [5, 5.41) is 0.828. The zero-order chi connectivity index (χ0) is 29.4. The molecular formula is C32H21Cl2FN2O4S. The highest BCUT2D eigenvalue weighted by Gasteiger charge is 2.35. The molecular weight excluding hydrogens is 598 g/mol. The van der Waals surface area contributed by atoms with Crippen molar-refractivity contribution in [1.82, 2.24) is 4.57 Å². The predicted molar refractivity (Wildman–Crippen MR) is 162 cm³/mol. The molecule has 6 rings (SSSR count). The Kier molecular flexibility index (Phi) is 7.68. The molecule has 0 fully saturated rings. The molecule has 0 radical (unpaired) electrons. The fourth-order valence-electron chi connectivity index (χ4n) is 4.77. The third-order valence-electron chi connectivity index (χ3n) is 6.66. The number of carbonyl (C=O) groups excluding carboxylic acids is 1. The van der Waals surface area contributed by atoms with E-state index in [1.165, 1.54) is 16.7 Å². The van der Waals surface area contributed by atoms with E-state index in [1.54, 1.807) is 55.5 Å². The maximum Gasteiger partial charge on any atom is 0.338 e. The van der Waals surface area contributed by atoms with E-state index in [-0.39, 0.29) is 17.7 Å². The zero-order valence-corrected chi connectivity index (χ0v) is 24.3. The summed E-state index contributed by atoms with van der Waals surface area (Å²) in [5.74, 6) is -0.0620. The van der Waals surface area contributed by atoms with Crippen LogP contribution in [0.25, 0.3) is 23.1 Å². The lowest BCUT2D eigenvalue weighted by molar-refractivity contribution is -0.138. The van der Waals surface area contributed by atoms with Gasteiger partial charge in [-0.1, -0.05) is 77.0 Å². The molecule has 0 spiro atoms. The van der Waals surface area contributed by atoms with Crippen molar-refractivity contribution in [2.24, 2.45) is 4.99 Å². The maximum atomic E-state index is 14.0. The summed E-state index contributed by atoms with van der Waals surface area (Å²) in [5.41, 5.74) is 2.14. The monoisotopic (exact) mass is 618 g/mol. The van der Waals surface area contributed by atoms with Gasteiger partial charge in [-0.25, -0.2) is 14.2 Å². The minimum Gasteiger partial charge on any atom is -0.463 e. The van der Waals surface area contributed by atoms with Crippen molar-refractivity contribution >= 4 is 52.3 Å². The Bertz CT molecular complexity index is 2030. The standard InChI is InChI=1S/C32H21Cl2FN2O4S/c1-2-40-31(39)27-28(18-6-4-3-5-7-18)36-32-37(29(27)19-8-11-21(35)12-9-19)30(38)26(42-32)17-22-13-15-25(41-22)20-10-14-23(33)24(34)16-20/h3-17,29H,2H2,1H3/b26-17-/t29-/m1/s1. The topological polar surface area (TPSA) is 73.8 Å². The van der Waals surface area contributed by atoms with Crippen LogP contribution in [0.4, 0.5) is 4.39 Å². The average Bonchev–Trinajstić information content (AvgIpc) is 3.59. The van der Waals surface area contributed by atoms with Gasteiger partial charge in [-0.05, 0) is 55.0 Å².